The fourth-order valence-electron chi connectivity index (χ4n) is 2.11. The molecule has 0 unspecified atom stereocenters. The lowest BCUT2D eigenvalue weighted by molar-refractivity contribution is -0.118. The molecule has 0 spiro atoms. The molecule has 1 N–H and O–H groups in total. The number of aliphatic hydroxyl groups is 1. The van der Waals surface area contributed by atoms with Crippen LogP contribution in [0.3, 0.4) is 0 Å². The molecule has 1 fully saturated rings. The number of aliphatic hydroxyl groups excluding tert-OH is 1. The maximum atomic E-state index is 9.12. The lowest BCUT2D eigenvalue weighted by atomic mass is 9.93. The molecule has 1 aromatic rings. The number of nitrogens with zero attached hydrogens (tertiary/aromatic N) is 2. The SMILES string of the molecule is CCOC1(c2nccc(CO)n2)CCOCC1. The van der Waals surface area contributed by atoms with E-state index in [-0.39, 0.29) is 6.61 Å². The summed E-state index contributed by atoms with van der Waals surface area (Å²) in [6.07, 6.45) is 3.19. The highest BCUT2D eigenvalue weighted by atomic mass is 16.5. The lowest BCUT2D eigenvalue weighted by Crippen LogP contribution is -2.38. The van der Waals surface area contributed by atoms with E-state index in [1.807, 2.05) is 6.92 Å². The second-order valence-electron chi connectivity index (χ2n) is 4.07. The zero-order valence-corrected chi connectivity index (χ0v) is 10.1. The number of ether oxygens (including phenoxy) is 2. The van der Waals surface area contributed by atoms with Crippen LogP contribution < -0.4 is 0 Å². The van der Waals surface area contributed by atoms with Crippen molar-refractivity contribution in [2.45, 2.75) is 32.0 Å². The zero-order chi connectivity index (χ0) is 12.1. The molecule has 1 aromatic heterocycles. The van der Waals surface area contributed by atoms with Crippen molar-refractivity contribution in [2.75, 3.05) is 19.8 Å². The first kappa shape index (κ1) is 12.4. The molecule has 94 valence electrons. The lowest BCUT2D eigenvalue weighted by Gasteiger charge is -2.35. The molecule has 1 aliphatic heterocycles. The van der Waals surface area contributed by atoms with Crippen molar-refractivity contribution in [1.29, 1.82) is 0 Å². The molecule has 0 bridgehead atoms. The Labute approximate surface area is 101 Å². The first-order chi connectivity index (χ1) is 8.30. The summed E-state index contributed by atoms with van der Waals surface area (Å²) in [5.74, 6) is 0.661. The van der Waals surface area contributed by atoms with Gasteiger partial charge in [-0.2, -0.15) is 0 Å². The van der Waals surface area contributed by atoms with Crippen LogP contribution in [0.2, 0.25) is 0 Å². The highest BCUT2D eigenvalue weighted by Gasteiger charge is 2.38. The number of hydrogen-bond donors (Lipinski definition) is 1. The molecule has 1 saturated heterocycles. The van der Waals surface area contributed by atoms with E-state index in [2.05, 4.69) is 9.97 Å². The molecule has 0 radical (unpaired) electrons. The van der Waals surface area contributed by atoms with Gasteiger partial charge in [-0.05, 0) is 13.0 Å². The van der Waals surface area contributed by atoms with Gasteiger partial charge < -0.3 is 14.6 Å². The molecule has 0 aromatic carbocycles. The third-order valence-corrected chi connectivity index (χ3v) is 3.00. The Morgan fingerprint density at radius 1 is 1.47 bits per heavy atom. The van der Waals surface area contributed by atoms with E-state index in [1.54, 1.807) is 12.3 Å². The largest absolute Gasteiger partial charge is 0.390 e. The van der Waals surface area contributed by atoms with Crippen LogP contribution in [0.25, 0.3) is 0 Å². The Hall–Kier alpha value is -1.04. The van der Waals surface area contributed by atoms with Gasteiger partial charge in [-0.3, -0.25) is 0 Å². The minimum atomic E-state index is -0.446. The fraction of sp³-hybridized carbons (Fsp3) is 0.667. The van der Waals surface area contributed by atoms with Crippen LogP contribution >= 0.6 is 0 Å². The fourth-order valence-corrected chi connectivity index (χ4v) is 2.11. The summed E-state index contributed by atoms with van der Waals surface area (Å²) in [5.41, 5.74) is 0.179. The summed E-state index contributed by atoms with van der Waals surface area (Å²) in [6, 6.07) is 1.71. The second-order valence-corrected chi connectivity index (χ2v) is 4.07. The molecule has 0 aliphatic carbocycles. The standard InChI is InChI=1S/C12H18N2O3/c1-2-17-12(4-7-16-8-5-12)11-13-6-3-10(9-15)14-11/h3,6,15H,2,4-5,7-9H2,1H3. The van der Waals surface area contributed by atoms with E-state index >= 15 is 0 Å². The smallest absolute Gasteiger partial charge is 0.160 e. The molecule has 0 atom stereocenters. The van der Waals surface area contributed by atoms with Crippen LogP contribution in [0.1, 0.15) is 31.3 Å². The van der Waals surface area contributed by atoms with Crippen molar-refractivity contribution < 1.29 is 14.6 Å². The maximum Gasteiger partial charge on any atom is 0.160 e. The van der Waals surface area contributed by atoms with Crippen LogP contribution in [0.15, 0.2) is 12.3 Å². The maximum absolute atomic E-state index is 9.12. The van der Waals surface area contributed by atoms with Gasteiger partial charge in [-0.15, -0.1) is 0 Å². The molecular formula is C12H18N2O3. The summed E-state index contributed by atoms with van der Waals surface area (Å²) >= 11 is 0. The van der Waals surface area contributed by atoms with Crippen molar-refractivity contribution in [1.82, 2.24) is 9.97 Å². The van der Waals surface area contributed by atoms with E-state index in [9.17, 15) is 0 Å². The van der Waals surface area contributed by atoms with Gasteiger partial charge in [0, 0.05) is 38.9 Å². The van der Waals surface area contributed by atoms with Gasteiger partial charge in [0.05, 0.1) is 12.3 Å². The van der Waals surface area contributed by atoms with Crippen LogP contribution in [-0.4, -0.2) is 34.9 Å². The highest BCUT2D eigenvalue weighted by Crippen LogP contribution is 2.33. The Morgan fingerprint density at radius 2 is 2.24 bits per heavy atom. The molecule has 5 heteroatoms. The molecule has 0 saturated carbocycles. The van der Waals surface area contributed by atoms with Gasteiger partial charge >= 0.3 is 0 Å². The number of rotatable bonds is 4. The van der Waals surface area contributed by atoms with Gasteiger partial charge in [-0.1, -0.05) is 0 Å². The van der Waals surface area contributed by atoms with E-state index in [0.29, 0.717) is 31.3 Å². The Bertz CT molecular complexity index is 359. The molecule has 2 rings (SSSR count). The Morgan fingerprint density at radius 3 is 2.88 bits per heavy atom. The van der Waals surface area contributed by atoms with Crippen molar-refractivity contribution in [3.05, 3.63) is 23.8 Å². The van der Waals surface area contributed by atoms with E-state index in [0.717, 1.165) is 12.8 Å². The second kappa shape index (κ2) is 5.53. The van der Waals surface area contributed by atoms with E-state index in [4.69, 9.17) is 14.6 Å². The molecular weight excluding hydrogens is 220 g/mol. The van der Waals surface area contributed by atoms with Crippen molar-refractivity contribution in [3.63, 3.8) is 0 Å². The Balaban J connectivity index is 2.30. The first-order valence-electron chi connectivity index (χ1n) is 5.96. The molecule has 5 nitrogen and oxygen atoms in total. The van der Waals surface area contributed by atoms with Gasteiger partial charge in [0.25, 0.3) is 0 Å². The van der Waals surface area contributed by atoms with E-state index < -0.39 is 5.60 Å². The van der Waals surface area contributed by atoms with Crippen molar-refractivity contribution >= 4 is 0 Å². The monoisotopic (exact) mass is 238 g/mol. The molecule has 1 aliphatic rings. The zero-order valence-electron chi connectivity index (χ0n) is 10.1. The van der Waals surface area contributed by atoms with Gasteiger partial charge in [-0.25, -0.2) is 9.97 Å². The van der Waals surface area contributed by atoms with Gasteiger partial charge in [0.2, 0.25) is 0 Å². The van der Waals surface area contributed by atoms with Gasteiger partial charge in [0.1, 0.15) is 5.60 Å². The first-order valence-corrected chi connectivity index (χ1v) is 5.96. The summed E-state index contributed by atoms with van der Waals surface area (Å²) < 4.78 is 11.2. The van der Waals surface area contributed by atoms with Crippen molar-refractivity contribution in [3.8, 4) is 0 Å². The summed E-state index contributed by atoms with van der Waals surface area (Å²) in [4.78, 5) is 8.66. The quantitative estimate of drug-likeness (QED) is 0.848. The van der Waals surface area contributed by atoms with Crippen LogP contribution in [0.5, 0.6) is 0 Å². The number of hydrogen-bond acceptors (Lipinski definition) is 5. The highest BCUT2D eigenvalue weighted by molar-refractivity contribution is 5.09. The summed E-state index contributed by atoms with van der Waals surface area (Å²) in [5, 5.41) is 9.12. The topological polar surface area (TPSA) is 64.5 Å². The normalized spacial score (nSPS) is 19.2. The summed E-state index contributed by atoms with van der Waals surface area (Å²) in [7, 11) is 0. The minimum absolute atomic E-state index is 0.0752. The molecule has 17 heavy (non-hydrogen) atoms. The predicted molar refractivity (Wildman–Crippen MR) is 61.3 cm³/mol. The molecule has 0 amide bonds. The van der Waals surface area contributed by atoms with Gasteiger partial charge in [0.15, 0.2) is 5.82 Å². The van der Waals surface area contributed by atoms with Crippen LogP contribution in [-0.2, 0) is 21.7 Å². The number of aromatic nitrogens is 2. The molecule has 2 heterocycles. The predicted octanol–water partition coefficient (Wildman–Crippen LogP) is 1.01. The average Bonchev–Trinajstić information content (AvgIpc) is 2.40. The van der Waals surface area contributed by atoms with Crippen LogP contribution in [0, 0.1) is 0 Å². The average molecular weight is 238 g/mol. The minimum Gasteiger partial charge on any atom is -0.390 e. The Kier molecular flexibility index (Phi) is 4.04. The van der Waals surface area contributed by atoms with Crippen molar-refractivity contribution in [2.24, 2.45) is 0 Å². The summed E-state index contributed by atoms with van der Waals surface area (Å²) in [6.45, 7) is 3.83. The third-order valence-electron chi connectivity index (χ3n) is 3.00. The van der Waals surface area contributed by atoms with Crippen LogP contribution in [0.4, 0.5) is 0 Å². The van der Waals surface area contributed by atoms with E-state index in [1.165, 1.54) is 0 Å². The third kappa shape index (κ3) is 2.62.